The summed E-state index contributed by atoms with van der Waals surface area (Å²) in [6, 6.07) is 10.6. The van der Waals surface area contributed by atoms with Gasteiger partial charge in [-0.3, -0.25) is 4.79 Å². The first-order chi connectivity index (χ1) is 10.1. The topological polar surface area (TPSA) is 94.6 Å². The Hall–Kier alpha value is -2.76. The SMILES string of the molecule is COC(=O)c1ccc(CNc2ccccc2CC(N)=O)o1. The van der Waals surface area contributed by atoms with Crippen molar-refractivity contribution in [2.45, 2.75) is 13.0 Å². The molecular weight excluding hydrogens is 272 g/mol. The van der Waals surface area contributed by atoms with Gasteiger partial charge in [0.25, 0.3) is 0 Å². The number of amides is 1. The number of anilines is 1. The zero-order chi connectivity index (χ0) is 15.2. The molecule has 1 aromatic heterocycles. The fourth-order valence-corrected chi connectivity index (χ4v) is 1.90. The van der Waals surface area contributed by atoms with Gasteiger partial charge in [0, 0.05) is 5.69 Å². The Morgan fingerprint density at radius 2 is 2.00 bits per heavy atom. The van der Waals surface area contributed by atoms with Crippen LogP contribution in [0.1, 0.15) is 21.9 Å². The molecule has 0 spiro atoms. The molecule has 110 valence electrons. The molecule has 6 nitrogen and oxygen atoms in total. The lowest BCUT2D eigenvalue weighted by molar-refractivity contribution is -0.117. The number of para-hydroxylation sites is 1. The third-order valence-corrected chi connectivity index (χ3v) is 2.88. The fraction of sp³-hybridized carbons (Fsp3) is 0.200. The zero-order valence-corrected chi connectivity index (χ0v) is 11.6. The smallest absolute Gasteiger partial charge is 0.373 e. The van der Waals surface area contributed by atoms with E-state index in [1.165, 1.54) is 7.11 Å². The van der Waals surface area contributed by atoms with E-state index < -0.39 is 11.9 Å². The second kappa shape index (κ2) is 6.60. The molecule has 0 aliphatic carbocycles. The van der Waals surface area contributed by atoms with E-state index in [2.05, 4.69) is 10.1 Å². The van der Waals surface area contributed by atoms with E-state index in [0.29, 0.717) is 12.3 Å². The highest BCUT2D eigenvalue weighted by Crippen LogP contribution is 2.17. The molecule has 0 atom stereocenters. The van der Waals surface area contributed by atoms with Crippen LogP contribution < -0.4 is 11.1 Å². The number of primary amides is 1. The van der Waals surface area contributed by atoms with Crippen LogP contribution in [0.4, 0.5) is 5.69 Å². The number of hydrogen-bond donors (Lipinski definition) is 2. The Balaban J connectivity index is 2.04. The number of rotatable bonds is 6. The Labute approximate surface area is 121 Å². The molecule has 0 radical (unpaired) electrons. The van der Waals surface area contributed by atoms with Crippen LogP contribution in [0.3, 0.4) is 0 Å². The standard InChI is InChI=1S/C15H16N2O4/c1-20-15(19)13-7-6-11(21-13)9-17-12-5-3-2-4-10(12)8-14(16)18/h2-7,17H,8-9H2,1H3,(H2,16,18). The van der Waals surface area contributed by atoms with Crippen LogP contribution in [0.2, 0.25) is 0 Å². The van der Waals surface area contributed by atoms with Crippen molar-refractivity contribution in [3.63, 3.8) is 0 Å². The number of methoxy groups -OCH3 is 1. The predicted molar refractivity (Wildman–Crippen MR) is 76.7 cm³/mol. The summed E-state index contributed by atoms with van der Waals surface area (Å²) < 4.78 is 9.92. The van der Waals surface area contributed by atoms with Gasteiger partial charge < -0.3 is 20.2 Å². The first-order valence-electron chi connectivity index (χ1n) is 6.37. The van der Waals surface area contributed by atoms with Gasteiger partial charge in [-0.15, -0.1) is 0 Å². The molecule has 2 aromatic rings. The van der Waals surface area contributed by atoms with Crippen molar-refractivity contribution in [2.24, 2.45) is 5.73 Å². The minimum Gasteiger partial charge on any atom is -0.463 e. The van der Waals surface area contributed by atoms with Crippen LogP contribution in [0.5, 0.6) is 0 Å². The van der Waals surface area contributed by atoms with E-state index >= 15 is 0 Å². The highest BCUT2D eigenvalue weighted by atomic mass is 16.5. The Morgan fingerprint density at radius 1 is 1.24 bits per heavy atom. The van der Waals surface area contributed by atoms with E-state index in [9.17, 15) is 9.59 Å². The van der Waals surface area contributed by atoms with Crippen LogP contribution in [-0.4, -0.2) is 19.0 Å². The molecule has 1 aromatic carbocycles. The highest BCUT2D eigenvalue weighted by Gasteiger charge is 2.11. The monoisotopic (exact) mass is 288 g/mol. The molecule has 0 saturated heterocycles. The van der Waals surface area contributed by atoms with Crippen LogP contribution in [0.25, 0.3) is 0 Å². The molecular formula is C15H16N2O4. The van der Waals surface area contributed by atoms with Crippen molar-refractivity contribution in [3.8, 4) is 0 Å². The zero-order valence-electron chi connectivity index (χ0n) is 11.6. The molecule has 21 heavy (non-hydrogen) atoms. The van der Waals surface area contributed by atoms with Gasteiger partial charge in [-0.1, -0.05) is 18.2 Å². The molecule has 3 N–H and O–H groups in total. The molecule has 1 heterocycles. The van der Waals surface area contributed by atoms with Gasteiger partial charge in [-0.2, -0.15) is 0 Å². The van der Waals surface area contributed by atoms with Crippen molar-refractivity contribution in [2.75, 3.05) is 12.4 Å². The van der Waals surface area contributed by atoms with Crippen molar-refractivity contribution in [1.82, 2.24) is 0 Å². The number of hydrogen-bond acceptors (Lipinski definition) is 5. The number of nitrogens with one attached hydrogen (secondary N) is 1. The second-order valence-electron chi connectivity index (χ2n) is 4.41. The Bertz CT molecular complexity index is 649. The minimum absolute atomic E-state index is 0.153. The quantitative estimate of drug-likeness (QED) is 0.789. The van der Waals surface area contributed by atoms with Gasteiger partial charge in [0.15, 0.2) is 0 Å². The molecule has 0 aliphatic heterocycles. The van der Waals surface area contributed by atoms with Gasteiger partial charge in [0.2, 0.25) is 11.7 Å². The molecule has 0 aliphatic rings. The first kappa shape index (κ1) is 14.6. The van der Waals surface area contributed by atoms with Gasteiger partial charge in [-0.25, -0.2) is 4.79 Å². The van der Waals surface area contributed by atoms with E-state index in [4.69, 9.17) is 10.2 Å². The maximum Gasteiger partial charge on any atom is 0.373 e. The maximum atomic E-state index is 11.3. The van der Waals surface area contributed by atoms with Gasteiger partial charge >= 0.3 is 5.97 Å². The number of carbonyl (C=O) groups is 2. The van der Waals surface area contributed by atoms with Gasteiger partial charge in [0.05, 0.1) is 20.1 Å². The third kappa shape index (κ3) is 3.85. The number of furan rings is 1. The number of ether oxygens (including phenoxy) is 1. The average molecular weight is 288 g/mol. The summed E-state index contributed by atoms with van der Waals surface area (Å²) in [6.45, 7) is 0.382. The van der Waals surface area contributed by atoms with Crippen molar-refractivity contribution in [3.05, 3.63) is 53.5 Å². The molecule has 0 saturated carbocycles. The minimum atomic E-state index is -0.518. The summed E-state index contributed by atoms with van der Waals surface area (Å²) in [4.78, 5) is 22.3. The van der Waals surface area contributed by atoms with Gasteiger partial charge in [-0.05, 0) is 23.8 Å². The van der Waals surface area contributed by atoms with E-state index in [0.717, 1.165) is 11.3 Å². The van der Waals surface area contributed by atoms with E-state index in [1.54, 1.807) is 12.1 Å². The number of carbonyl (C=O) groups excluding carboxylic acids is 2. The fourth-order valence-electron chi connectivity index (χ4n) is 1.90. The molecule has 0 fully saturated rings. The van der Waals surface area contributed by atoms with E-state index in [1.807, 2.05) is 24.3 Å². The lowest BCUT2D eigenvalue weighted by atomic mass is 10.1. The molecule has 0 unspecified atom stereocenters. The maximum absolute atomic E-state index is 11.3. The van der Waals surface area contributed by atoms with Crippen LogP contribution in [0.15, 0.2) is 40.8 Å². The van der Waals surface area contributed by atoms with Gasteiger partial charge in [0.1, 0.15) is 5.76 Å². The summed E-state index contributed by atoms with van der Waals surface area (Å²) >= 11 is 0. The Morgan fingerprint density at radius 3 is 2.71 bits per heavy atom. The summed E-state index contributed by atoms with van der Waals surface area (Å²) in [5.74, 6) is -0.172. The van der Waals surface area contributed by atoms with E-state index in [-0.39, 0.29) is 12.2 Å². The third-order valence-electron chi connectivity index (χ3n) is 2.88. The largest absolute Gasteiger partial charge is 0.463 e. The normalized spacial score (nSPS) is 10.1. The lowest BCUT2D eigenvalue weighted by Gasteiger charge is -2.09. The number of esters is 1. The second-order valence-corrected chi connectivity index (χ2v) is 4.41. The molecule has 0 bridgehead atoms. The summed E-state index contributed by atoms with van der Waals surface area (Å²) in [5, 5.41) is 3.15. The highest BCUT2D eigenvalue weighted by molar-refractivity contribution is 5.86. The molecule has 1 amide bonds. The van der Waals surface area contributed by atoms with Crippen LogP contribution in [0, 0.1) is 0 Å². The first-order valence-corrected chi connectivity index (χ1v) is 6.37. The van der Waals surface area contributed by atoms with Crippen molar-refractivity contribution in [1.29, 1.82) is 0 Å². The molecule has 6 heteroatoms. The van der Waals surface area contributed by atoms with Crippen molar-refractivity contribution >= 4 is 17.6 Å². The summed E-state index contributed by atoms with van der Waals surface area (Å²) in [5.41, 5.74) is 6.82. The molecule has 2 rings (SSSR count). The predicted octanol–water partition coefficient (Wildman–Crippen LogP) is 1.71. The summed E-state index contributed by atoms with van der Waals surface area (Å²) in [7, 11) is 1.29. The van der Waals surface area contributed by atoms with Crippen LogP contribution >= 0.6 is 0 Å². The number of nitrogens with two attached hydrogens (primary N) is 1. The van der Waals surface area contributed by atoms with Crippen molar-refractivity contribution < 1.29 is 18.7 Å². The van der Waals surface area contributed by atoms with Crippen LogP contribution in [-0.2, 0) is 22.5 Å². The Kier molecular flexibility index (Phi) is 4.61. The average Bonchev–Trinajstić information content (AvgIpc) is 2.94. The summed E-state index contributed by atoms with van der Waals surface area (Å²) in [6.07, 6.45) is 0.161. The lowest BCUT2D eigenvalue weighted by Crippen LogP contribution is -2.15. The number of benzene rings is 1.